The molecule has 0 radical (unpaired) electrons. The Balaban J connectivity index is 0.000000120. The molecule has 0 saturated carbocycles. The van der Waals surface area contributed by atoms with Crippen LogP contribution in [0.25, 0.3) is 0 Å². The topological polar surface area (TPSA) is 24.9 Å². The highest BCUT2D eigenvalue weighted by Gasteiger charge is 1.74. The van der Waals surface area contributed by atoms with E-state index in [1.165, 1.54) is 0 Å². The summed E-state index contributed by atoms with van der Waals surface area (Å²) in [5, 5.41) is 1.99. The molecule has 1 aliphatic heterocycles. The molecule has 0 aliphatic carbocycles. The van der Waals surface area contributed by atoms with Crippen molar-refractivity contribution < 1.29 is 0 Å². The van der Waals surface area contributed by atoms with Crippen molar-refractivity contribution in [3.05, 3.63) is 54.4 Å². The molecule has 1 aromatic rings. The molecule has 1 aliphatic rings. The summed E-state index contributed by atoms with van der Waals surface area (Å²) in [6.45, 7) is 0. The van der Waals surface area contributed by atoms with Gasteiger partial charge in [0.15, 0.2) is 0 Å². The number of aromatic nitrogens is 1. The third-order valence-electron chi connectivity index (χ3n) is 1.06. The summed E-state index contributed by atoms with van der Waals surface area (Å²) in [5.74, 6) is 0. The van der Waals surface area contributed by atoms with Crippen molar-refractivity contribution in [1.29, 1.82) is 0 Å². The Morgan fingerprint density at radius 3 is 2.00 bits per heavy atom. The zero-order valence-corrected chi connectivity index (χ0v) is 7.37. The van der Waals surface area contributed by atoms with Crippen LogP contribution in [0, 0.1) is 0 Å². The van der Waals surface area contributed by atoms with Crippen molar-refractivity contribution in [3.63, 3.8) is 0 Å². The van der Waals surface area contributed by atoms with Gasteiger partial charge in [0.25, 0.3) is 0 Å². The fourth-order valence-electron chi connectivity index (χ4n) is 0.571. The van der Waals surface area contributed by atoms with E-state index in [4.69, 9.17) is 0 Å². The largest absolute Gasteiger partial charge is 0.333 e. The minimum absolute atomic E-state index is 1.58. The molecule has 2 heterocycles. The van der Waals surface area contributed by atoms with Crippen LogP contribution >= 0.6 is 11.9 Å². The van der Waals surface area contributed by atoms with E-state index in [1.54, 1.807) is 24.3 Å². The summed E-state index contributed by atoms with van der Waals surface area (Å²) in [4.78, 5) is 3.78. The summed E-state index contributed by atoms with van der Waals surface area (Å²) in [6, 6.07) is 5.72. The van der Waals surface area contributed by atoms with Crippen LogP contribution < -0.4 is 4.72 Å². The summed E-state index contributed by atoms with van der Waals surface area (Å²) in [6.07, 6.45) is 9.34. The highest BCUT2D eigenvalue weighted by molar-refractivity contribution is 8.00. The van der Waals surface area contributed by atoms with Crippen molar-refractivity contribution >= 4 is 11.9 Å². The average Bonchev–Trinajstić information content (AvgIpc) is 2.24. The molecule has 0 atom stereocenters. The van der Waals surface area contributed by atoms with Gasteiger partial charge in [-0.25, -0.2) is 0 Å². The van der Waals surface area contributed by atoms with Gasteiger partial charge in [-0.3, -0.25) is 4.98 Å². The van der Waals surface area contributed by atoms with Gasteiger partial charge in [-0.1, -0.05) is 12.1 Å². The summed E-state index contributed by atoms with van der Waals surface area (Å²) < 4.78 is 2.93. The number of rotatable bonds is 0. The molecule has 0 saturated heterocycles. The van der Waals surface area contributed by atoms with Gasteiger partial charge in [0, 0.05) is 18.6 Å². The lowest BCUT2D eigenvalue weighted by Crippen LogP contribution is -1.88. The number of nitrogens with zero attached hydrogens (tertiary/aromatic N) is 1. The molecule has 0 bridgehead atoms. The zero-order valence-electron chi connectivity index (χ0n) is 6.55. The maximum atomic E-state index is 3.78. The number of hydrogen-bond donors (Lipinski definition) is 1. The fraction of sp³-hybridized carbons (Fsp3) is 0. The van der Waals surface area contributed by atoms with Gasteiger partial charge < -0.3 is 4.72 Å². The quantitative estimate of drug-likeness (QED) is 0.617. The van der Waals surface area contributed by atoms with Gasteiger partial charge in [0.05, 0.1) is 0 Å². The first kappa shape index (κ1) is 8.87. The molecule has 62 valence electrons. The van der Waals surface area contributed by atoms with Crippen LogP contribution in [0.3, 0.4) is 0 Å². The van der Waals surface area contributed by atoms with E-state index in [0.717, 1.165) is 0 Å². The van der Waals surface area contributed by atoms with E-state index in [1.807, 2.05) is 42.0 Å². The van der Waals surface area contributed by atoms with E-state index in [0.29, 0.717) is 0 Å². The van der Waals surface area contributed by atoms with Gasteiger partial charge in [0.2, 0.25) is 0 Å². The Hall–Kier alpha value is -1.22. The lowest BCUT2D eigenvalue weighted by atomic mass is 10.5. The van der Waals surface area contributed by atoms with Gasteiger partial charge >= 0.3 is 0 Å². The molecule has 0 amide bonds. The minimum atomic E-state index is 1.58. The van der Waals surface area contributed by atoms with Gasteiger partial charge in [-0.2, -0.15) is 0 Å². The predicted molar refractivity (Wildman–Crippen MR) is 53.2 cm³/mol. The number of hydrogen-bond acceptors (Lipinski definition) is 3. The Labute approximate surface area is 76.5 Å². The molecule has 12 heavy (non-hydrogen) atoms. The van der Waals surface area contributed by atoms with Crippen molar-refractivity contribution in [3.8, 4) is 0 Å². The maximum absolute atomic E-state index is 3.78. The van der Waals surface area contributed by atoms with Crippen molar-refractivity contribution in [2.45, 2.75) is 0 Å². The van der Waals surface area contributed by atoms with Gasteiger partial charge in [0.1, 0.15) is 0 Å². The smallest absolute Gasteiger partial charge is 0.0267 e. The second kappa shape index (κ2) is 6.49. The predicted octanol–water partition coefficient (Wildman–Crippen LogP) is 2.35. The molecule has 1 aromatic heterocycles. The molecule has 2 rings (SSSR count). The first-order valence-corrected chi connectivity index (χ1v) is 4.46. The Morgan fingerprint density at radius 2 is 1.83 bits per heavy atom. The molecule has 0 unspecified atom stereocenters. The van der Waals surface area contributed by atoms with Crippen LogP contribution in [0.2, 0.25) is 0 Å². The monoisotopic (exact) mass is 178 g/mol. The fourth-order valence-corrected chi connectivity index (χ4v) is 0.976. The molecule has 0 aromatic carbocycles. The maximum Gasteiger partial charge on any atom is 0.0267 e. The standard InChI is InChI=1S/C5H5N.C4H5NS/c2*1-2-4-6-5-3-1/h2*1-5H. The first-order valence-electron chi connectivity index (χ1n) is 3.58. The number of allylic oxidation sites excluding steroid dienone is 2. The van der Waals surface area contributed by atoms with Crippen molar-refractivity contribution in [2.75, 3.05) is 0 Å². The highest BCUT2D eigenvalue weighted by atomic mass is 32.2. The second-order valence-electron chi connectivity index (χ2n) is 1.95. The van der Waals surface area contributed by atoms with Crippen LogP contribution in [-0.4, -0.2) is 4.98 Å². The summed E-state index contributed by atoms with van der Waals surface area (Å²) >= 11 is 1.58. The Kier molecular flexibility index (Phi) is 4.80. The van der Waals surface area contributed by atoms with Crippen molar-refractivity contribution in [2.24, 2.45) is 0 Å². The van der Waals surface area contributed by atoms with E-state index in [-0.39, 0.29) is 0 Å². The zero-order chi connectivity index (χ0) is 8.49. The highest BCUT2D eigenvalue weighted by Crippen LogP contribution is 1.98. The SMILES string of the molecule is C1=CNSC=C1.c1ccncc1. The first-order chi connectivity index (χ1) is 6.00. The van der Waals surface area contributed by atoms with Crippen LogP contribution in [0.4, 0.5) is 0 Å². The van der Waals surface area contributed by atoms with E-state index in [2.05, 4.69) is 9.71 Å². The second-order valence-corrected chi connectivity index (χ2v) is 2.69. The van der Waals surface area contributed by atoms with Crippen LogP contribution in [0.1, 0.15) is 0 Å². The number of nitrogens with one attached hydrogen (secondary N) is 1. The Morgan fingerprint density at radius 1 is 1.00 bits per heavy atom. The van der Waals surface area contributed by atoms with Crippen molar-refractivity contribution in [1.82, 2.24) is 9.71 Å². The Bertz CT molecular complexity index is 205. The van der Waals surface area contributed by atoms with E-state index >= 15 is 0 Å². The summed E-state index contributed by atoms with van der Waals surface area (Å²) in [7, 11) is 0. The molecule has 3 heteroatoms. The molecule has 0 spiro atoms. The van der Waals surface area contributed by atoms with Crippen LogP contribution in [0.15, 0.2) is 54.4 Å². The van der Waals surface area contributed by atoms with Gasteiger partial charge in [-0.05, 0) is 35.6 Å². The lowest BCUT2D eigenvalue weighted by Gasteiger charge is -1.93. The third kappa shape index (κ3) is 4.57. The average molecular weight is 178 g/mol. The van der Waals surface area contributed by atoms with E-state index < -0.39 is 0 Å². The molecular weight excluding hydrogens is 168 g/mol. The molecular formula is C9H10N2S. The summed E-state index contributed by atoms with van der Waals surface area (Å²) in [5.41, 5.74) is 0. The van der Waals surface area contributed by atoms with Crippen LogP contribution in [-0.2, 0) is 0 Å². The molecule has 0 fully saturated rings. The van der Waals surface area contributed by atoms with E-state index in [9.17, 15) is 0 Å². The molecule has 2 nitrogen and oxygen atoms in total. The number of pyridine rings is 1. The third-order valence-corrected chi connectivity index (χ3v) is 1.62. The lowest BCUT2D eigenvalue weighted by molar-refractivity contribution is 1.33. The normalized spacial score (nSPS) is 12.7. The minimum Gasteiger partial charge on any atom is -0.333 e. The van der Waals surface area contributed by atoms with Crippen LogP contribution in [0.5, 0.6) is 0 Å². The van der Waals surface area contributed by atoms with Gasteiger partial charge in [-0.15, -0.1) is 0 Å². The molecule has 1 N–H and O–H groups in total.